The zero-order chi connectivity index (χ0) is 17.8. The number of anilines is 1. The summed E-state index contributed by atoms with van der Waals surface area (Å²) >= 11 is 0. The normalized spacial score (nSPS) is 20.2. The first kappa shape index (κ1) is 16.8. The molecule has 1 atom stereocenters. The van der Waals surface area contributed by atoms with E-state index in [9.17, 15) is 4.79 Å². The fraction of sp³-hybridized carbons (Fsp3) is 0.400. The van der Waals surface area contributed by atoms with E-state index in [1.165, 1.54) is 0 Å². The topological polar surface area (TPSA) is 54.9 Å². The van der Waals surface area contributed by atoms with E-state index in [4.69, 9.17) is 9.47 Å². The van der Waals surface area contributed by atoms with Crippen molar-refractivity contribution in [3.8, 4) is 5.88 Å². The van der Waals surface area contributed by atoms with Crippen LogP contribution >= 0.6 is 0 Å². The van der Waals surface area contributed by atoms with Crippen molar-refractivity contribution in [3.05, 3.63) is 54.2 Å². The van der Waals surface area contributed by atoms with Crippen molar-refractivity contribution < 1.29 is 14.3 Å². The van der Waals surface area contributed by atoms with E-state index in [0.29, 0.717) is 19.0 Å². The molecular formula is C20H23N3O3. The minimum Gasteiger partial charge on any atom is -0.472 e. The number of carbonyl (C=O) groups excluding carboxylic acids is 1. The van der Waals surface area contributed by atoms with Gasteiger partial charge < -0.3 is 19.3 Å². The van der Waals surface area contributed by atoms with Crippen molar-refractivity contribution in [2.75, 3.05) is 44.3 Å². The number of likely N-dealkylation sites (tertiary alicyclic amines) is 1. The number of morpholine rings is 1. The maximum absolute atomic E-state index is 12.8. The molecule has 4 rings (SSSR count). The molecule has 0 radical (unpaired) electrons. The lowest BCUT2D eigenvalue weighted by atomic mass is 10.1. The summed E-state index contributed by atoms with van der Waals surface area (Å²) in [6.45, 7) is 4.61. The third-order valence-electron chi connectivity index (χ3n) is 4.85. The molecule has 2 saturated heterocycles. The molecule has 3 heterocycles. The summed E-state index contributed by atoms with van der Waals surface area (Å²) in [6, 6.07) is 13.5. The number of nitrogens with zero attached hydrogens (tertiary/aromatic N) is 3. The zero-order valence-corrected chi connectivity index (χ0v) is 14.7. The highest BCUT2D eigenvalue weighted by Gasteiger charge is 2.28. The molecule has 0 aliphatic carbocycles. The van der Waals surface area contributed by atoms with Gasteiger partial charge in [-0.3, -0.25) is 4.79 Å². The van der Waals surface area contributed by atoms with Crippen LogP contribution in [0.5, 0.6) is 5.88 Å². The van der Waals surface area contributed by atoms with Crippen molar-refractivity contribution >= 4 is 11.6 Å². The fourth-order valence-corrected chi connectivity index (χ4v) is 3.42. The Kier molecular flexibility index (Phi) is 5.02. The van der Waals surface area contributed by atoms with Crippen molar-refractivity contribution in [3.63, 3.8) is 0 Å². The Hall–Kier alpha value is -2.60. The summed E-state index contributed by atoms with van der Waals surface area (Å²) in [5.41, 5.74) is 1.86. The van der Waals surface area contributed by atoms with E-state index in [1.807, 2.05) is 47.4 Å². The van der Waals surface area contributed by atoms with Crippen molar-refractivity contribution in [2.24, 2.45) is 0 Å². The van der Waals surface area contributed by atoms with Gasteiger partial charge in [-0.1, -0.05) is 6.07 Å². The summed E-state index contributed by atoms with van der Waals surface area (Å²) in [5.74, 6) is 0.673. The van der Waals surface area contributed by atoms with Crippen LogP contribution in [0.2, 0.25) is 0 Å². The molecule has 1 unspecified atom stereocenters. The number of benzene rings is 1. The van der Waals surface area contributed by atoms with E-state index in [2.05, 4.69) is 9.88 Å². The number of pyridine rings is 1. The molecule has 1 aromatic carbocycles. The maximum atomic E-state index is 12.8. The Balaban J connectivity index is 1.35. The molecule has 1 amide bonds. The summed E-state index contributed by atoms with van der Waals surface area (Å²) in [4.78, 5) is 21.1. The molecule has 2 fully saturated rings. The number of hydrogen-bond donors (Lipinski definition) is 0. The Morgan fingerprint density at radius 3 is 2.62 bits per heavy atom. The summed E-state index contributed by atoms with van der Waals surface area (Å²) in [6.07, 6.45) is 2.54. The second kappa shape index (κ2) is 7.74. The molecule has 0 spiro atoms. The number of amides is 1. The number of carbonyl (C=O) groups is 1. The standard InChI is InChI=1S/C20H23N3O3/c24-20(16-4-6-17(7-5-16)22-11-13-25-14-12-22)23-10-8-18(15-23)26-19-3-1-2-9-21-19/h1-7,9,18H,8,10-15H2. The minimum absolute atomic E-state index is 0.00136. The van der Waals surface area contributed by atoms with Gasteiger partial charge in [0.1, 0.15) is 6.10 Å². The summed E-state index contributed by atoms with van der Waals surface area (Å²) < 4.78 is 11.3. The fourth-order valence-electron chi connectivity index (χ4n) is 3.42. The predicted molar refractivity (Wildman–Crippen MR) is 98.6 cm³/mol. The highest BCUT2D eigenvalue weighted by atomic mass is 16.5. The maximum Gasteiger partial charge on any atom is 0.253 e. The van der Waals surface area contributed by atoms with Crippen LogP contribution in [-0.2, 0) is 4.74 Å². The third kappa shape index (κ3) is 3.80. The molecule has 6 nitrogen and oxygen atoms in total. The van der Waals surface area contributed by atoms with E-state index in [-0.39, 0.29) is 12.0 Å². The van der Waals surface area contributed by atoms with Gasteiger partial charge in [-0.2, -0.15) is 0 Å². The quantitative estimate of drug-likeness (QED) is 0.844. The van der Waals surface area contributed by atoms with Crippen LogP contribution in [-0.4, -0.2) is 61.3 Å². The molecule has 0 bridgehead atoms. The Labute approximate surface area is 153 Å². The van der Waals surface area contributed by atoms with Crippen LogP contribution in [0.4, 0.5) is 5.69 Å². The first-order valence-electron chi connectivity index (χ1n) is 9.09. The van der Waals surface area contributed by atoms with Gasteiger partial charge in [0.15, 0.2) is 0 Å². The van der Waals surface area contributed by atoms with Gasteiger partial charge in [0.2, 0.25) is 5.88 Å². The molecule has 2 aromatic rings. The highest BCUT2D eigenvalue weighted by molar-refractivity contribution is 5.94. The average Bonchev–Trinajstić information content (AvgIpc) is 3.17. The number of hydrogen-bond acceptors (Lipinski definition) is 5. The largest absolute Gasteiger partial charge is 0.472 e. The second-order valence-electron chi connectivity index (χ2n) is 6.59. The van der Waals surface area contributed by atoms with Crippen molar-refractivity contribution in [1.82, 2.24) is 9.88 Å². The van der Waals surface area contributed by atoms with Crippen LogP contribution in [0.15, 0.2) is 48.7 Å². The lowest BCUT2D eigenvalue weighted by Crippen LogP contribution is -2.36. The first-order chi connectivity index (χ1) is 12.8. The second-order valence-corrected chi connectivity index (χ2v) is 6.59. The van der Waals surface area contributed by atoms with Gasteiger partial charge in [-0.25, -0.2) is 4.98 Å². The van der Waals surface area contributed by atoms with Crippen LogP contribution in [0.1, 0.15) is 16.8 Å². The van der Waals surface area contributed by atoms with E-state index in [0.717, 1.165) is 44.0 Å². The molecule has 26 heavy (non-hydrogen) atoms. The Morgan fingerprint density at radius 1 is 1.08 bits per heavy atom. The monoisotopic (exact) mass is 353 g/mol. The number of ether oxygens (including phenoxy) is 2. The smallest absolute Gasteiger partial charge is 0.253 e. The lowest BCUT2D eigenvalue weighted by molar-refractivity contribution is 0.0771. The molecule has 6 heteroatoms. The molecule has 2 aliphatic heterocycles. The molecule has 0 N–H and O–H groups in total. The molecule has 0 saturated carbocycles. The van der Waals surface area contributed by atoms with Gasteiger partial charge in [-0.15, -0.1) is 0 Å². The van der Waals surface area contributed by atoms with Crippen molar-refractivity contribution in [1.29, 1.82) is 0 Å². The summed E-state index contributed by atoms with van der Waals surface area (Å²) in [5, 5.41) is 0. The third-order valence-corrected chi connectivity index (χ3v) is 4.85. The SMILES string of the molecule is O=C(c1ccc(N2CCOCC2)cc1)N1CCC(Oc2ccccn2)C1. The Bertz CT molecular complexity index is 730. The van der Waals surface area contributed by atoms with E-state index in [1.54, 1.807) is 6.20 Å². The van der Waals surface area contributed by atoms with Gasteiger partial charge in [0.05, 0.1) is 19.8 Å². The molecule has 2 aliphatic rings. The molecule has 1 aromatic heterocycles. The van der Waals surface area contributed by atoms with Crippen LogP contribution in [0.3, 0.4) is 0 Å². The van der Waals surface area contributed by atoms with Crippen LogP contribution < -0.4 is 9.64 Å². The van der Waals surface area contributed by atoms with Crippen molar-refractivity contribution in [2.45, 2.75) is 12.5 Å². The predicted octanol–water partition coefficient (Wildman–Crippen LogP) is 2.21. The Morgan fingerprint density at radius 2 is 1.88 bits per heavy atom. The van der Waals surface area contributed by atoms with Gasteiger partial charge in [0.25, 0.3) is 5.91 Å². The van der Waals surface area contributed by atoms with E-state index < -0.39 is 0 Å². The van der Waals surface area contributed by atoms with Crippen LogP contribution in [0, 0.1) is 0 Å². The first-order valence-corrected chi connectivity index (χ1v) is 9.09. The molecule has 136 valence electrons. The number of rotatable bonds is 4. The van der Waals surface area contributed by atoms with Gasteiger partial charge >= 0.3 is 0 Å². The van der Waals surface area contributed by atoms with Gasteiger partial charge in [0, 0.05) is 49.6 Å². The lowest BCUT2D eigenvalue weighted by Gasteiger charge is -2.29. The van der Waals surface area contributed by atoms with Gasteiger partial charge in [-0.05, 0) is 30.3 Å². The highest BCUT2D eigenvalue weighted by Crippen LogP contribution is 2.21. The average molecular weight is 353 g/mol. The minimum atomic E-state index is 0.00136. The van der Waals surface area contributed by atoms with Crippen LogP contribution in [0.25, 0.3) is 0 Å². The zero-order valence-electron chi connectivity index (χ0n) is 14.7. The number of aromatic nitrogens is 1. The van der Waals surface area contributed by atoms with E-state index >= 15 is 0 Å². The summed E-state index contributed by atoms with van der Waals surface area (Å²) in [7, 11) is 0. The molecular weight excluding hydrogens is 330 g/mol.